The third-order valence-corrected chi connectivity index (χ3v) is 3.70. The van der Waals surface area contributed by atoms with Crippen molar-refractivity contribution in [1.82, 2.24) is 20.2 Å². The van der Waals surface area contributed by atoms with E-state index in [4.69, 9.17) is 11.6 Å². The van der Waals surface area contributed by atoms with Crippen molar-refractivity contribution in [1.29, 1.82) is 0 Å². The molecule has 0 bridgehead atoms. The molecule has 6 heteroatoms. The zero-order valence-corrected chi connectivity index (χ0v) is 11.3. The molecular formula is C10H19ClN4S. The number of tetrazole rings is 1. The largest absolute Gasteiger partial charge is 0.224 e. The molecule has 1 aromatic rings. The van der Waals surface area contributed by atoms with Crippen LogP contribution < -0.4 is 0 Å². The average Bonchev–Trinajstić information content (AvgIpc) is 2.68. The van der Waals surface area contributed by atoms with E-state index < -0.39 is 0 Å². The Hall–Kier alpha value is -0.290. The zero-order valence-electron chi connectivity index (χ0n) is 9.73. The minimum absolute atomic E-state index is 0.801. The normalized spacial score (nSPS) is 10.9. The molecule has 0 fully saturated rings. The average molecular weight is 263 g/mol. The Morgan fingerprint density at radius 2 is 1.81 bits per heavy atom. The van der Waals surface area contributed by atoms with E-state index in [1.54, 1.807) is 16.4 Å². The van der Waals surface area contributed by atoms with Gasteiger partial charge in [-0.3, -0.25) is 0 Å². The van der Waals surface area contributed by atoms with Gasteiger partial charge in [0.25, 0.3) is 0 Å². The van der Waals surface area contributed by atoms with E-state index in [1.165, 1.54) is 32.1 Å². The predicted molar refractivity (Wildman–Crippen MR) is 67.9 cm³/mol. The molecule has 0 unspecified atom stereocenters. The van der Waals surface area contributed by atoms with Gasteiger partial charge in [0.2, 0.25) is 5.16 Å². The lowest BCUT2D eigenvalue weighted by molar-refractivity contribution is 0.627. The van der Waals surface area contributed by atoms with Crippen LogP contribution in [-0.4, -0.2) is 31.8 Å². The Morgan fingerprint density at radius 3 is 2.44 bits per heavy atom. The summed E-state index contributed by atoms with van der Waals surface area (Å²) in [5.41, 5.74) is 0. The lowest BCUT2D eigenvalue weighted by atomic mass is 10.1. The topological polar surface area (TPSA) is 43.6 Å². The smallest absolute Gasteiger partial charge is 0.209 e. The van der Waals surface area contributed by atoms with Gasteiger partial charge in [0.15, 0.2) is 0 Å². The first-order valence-corrected chi connectivity index (χ1v) is 7.27. The molecule has 4 nitrogen and oxygen atoms in total. The highest BCUT2D eigenvalue weighted by molar-refractivity contribution is 7.99. The van der Waals surface area contributed by atoms with Crippen molar-refractivity contribution in [3.63, 3.8) is 0 Å². The summed E-state index contributed by atoms with van der Waals surface area (Å²) in [5, 5.41) is 12.2. The van der Waals surface area contributed by atoms with Crippen LogP contribution in [0.1, 0.15) is 38.5 Å². The molecule has 0 saturated carbocycles. The number of rotatable bonds is 9. The molecule has 1 rings (SSSR count). The van der Waals surface area contributed by atoms with E-state index in [0.717, 1.165) is 23.2 Å². The van der Waals surface area contributed by atoms with Crippen LogP contribution in [0.15, 0.2) is 5.16 Å². The van der Waals surface area contributed by atoms with E-state index in [-0.39, 0.29) is 0 Å². The number of nitrogens with zero attached hydrogens (tertiary/aromatic N) is 4. The predicted octanol–water partition coefficient (Wildman–Crippen LogP) is 2.88. The molecule has 0 aliphatic carbocycles. The molecule has 0 atom stereocenters. The Balaban J connectivity index is 1.91. The molecule has 0 spiro atoms. The second-order valence-corrected chi connectivity index (χ2v) is 5.18. The molecule has 92 valence electrons. The highest BCUT2D eigenvalue weighted by atomic mass is 35.5. The number of aryl methyl sites for hydroxylation is 1. The first kappa shape index (κ1) is 13.8. The molecule has 0 radical (unpaired) electrons. The van der Waals surface area contributed by atoms with E-state index >= 15 is 0 Å². The number of hydrogen-bond acceptors (Lipinski definition) is 4. The fourth-order valence-corrected chi connectivity index (χ4v) is 2.45. The maximum atomic E-state index is 5.61. The highest BCUT2D eigenvalue weighted by Crippen LogP contribution is 2.15. The van der Waals surface area contributed by atoms with Gasteiger partial charge in [-0.05, 0) is 23.3 Å². The van der Waals surface area contributed by atoms with Crippen LogP contribution >= 0.6 is 23.4 Å². The lowest BCUT2D eigenvalue weighted by Crippen LogP contribution is -1.93. The Bertz CT molecular complexity index is 280. The number of unbranched alkanes of at least 4 members (excludes halogenated alkanes) is 5. The van der Waals surface area contributed by atoms with Gasteiger partial charge in [-0.25, -0.2) is 4.68 Å². The van der Waals surface area contributed by atoms with Crippen LogP contribution in [0.2, 0.25) is 0 Å². The van der Waals surface area contributed by atoms with E-state index in [1.807, 2.05) is 7.05 Å². The number of aromatic nitrogens is 4. The van der Waals surface area contributed by atoms with Crippen molar-refractivity contribution < 1.29 is 0 Å². The van der Waals surface area contributed by atoms with Gasteiger partial charge in [-0.1, -0.05) is 37.4 Å². The van der Waals surface area contributed by atoms with E-state index in [2.05, 4.69) is 15.5 Å². The summed E-state index contributed by atoms with van der Waals surface area (Å²) in [6, 6.07) is 0. The van der Waals surface area contributed by atoms with Crippen molar-refractivity contribution in [3.05, 3.63) is 0 Å². The molecule has 0 N–H and O–H groups in total. The first-order valence-electron chi connectivity index (χ1n) is 5.75. The number of hydrogen-bond donors (Lipinski definition) is 0. The van der Waals surface area contributed by atoms with Crippen molar-refractivity contribution in [3.8, 4) is 0 Å². The number of thioether (sulfide) groups is 1. The standard InChI is InChI=1S/C10H19ClN4S/c1-15-10(12-13-14-15)16-9-7-5-3-2-4-6-8-11/h2-9H2,1H3. The third-order valence-electron chi connectivity index (χ3n) is 2.34. The van der Waals surface area contributed by atoms with E-state index in [9.17, 15) is 0 Å². The molecule has 0 saturated heterocycles. The van der Waals surface area contributed by atoms with Gasteiger partial charge in [-0.15, -0.1) is 16.7 Å². The summed E-state index contributed by atoms with van der Waals surface area (Å²) < 4.78 is 1.71. The summed E-state index contributed by atoms with van der Waals surface area (Å²) >= 11 is 7.34. The van der Waals surface area contributed by atoms with Gasteiger partial charge >= 0.3 is 0 Å². The third kappa shape index (κ3) is 5.70. The van der Waals surface area contributed by atoms with Gasteiger partial charge in [0.05, 0.1) is 0 Å². The Morgan fingerprint density at radius 1 is 1.12 bits per heavy atom. The summed E-state index contributed by atoms with van der Waals surface area (Å²) in [6.07, 6.45) is 7.57. The number of alkyl halides is 1. The molecular weight excluding hydrogens is 244 g/mol. The van der Waals surface area contributed by atoms with Crippen LogP contribution in [0.4, 0.5) is 0 Å². The Labute approximate surface area is 106 Å². The molecule has 0 aliphatic rings. The van der Waals surface area contributed by atoms with Gasteiger partial charge in [-0.2, -0.15) is 0 Å². The fraction of sp³-hybridized carbons (Fsp3) is 0.900. The molecule has 1 heterocycles. The molecule has 0 amide bonds. The minimum Gasteiger partial charge on any atom is -0.224 e. The monoisotopic (exact) mass is 262 g/mol. The van der Waals surface area contributed by atoms with Gasteiger partial charge < -0.3 is 0 Å². The SMILES string of the molecule is Cn1nnnc1SCCCCCCCCCl. The highest BCUT2D eigenvalue weighted by Gasteiger charge is 2.01. The Kier molecular flexibility index (Phi) is 7.59. The van der Waals surface area contributed by atoms with Gasteiger partial charge in [0, 0.05) is 18.7 Å². The second kappa shape index (κ2) is 8.82. The van der Waals surface area contributed by atoms with Crippen molar-refractivity contribution in [2.75, 3.05) is 11.6 Å². The molecule has 0 aliphatic heterocycles. The van der Waals surface area contributed by atoms with Gasteiger partial charge in [0.1, 0.15) is 0 Å². The van der Waals surface area contributed by atoms with Crippen molar-refractivity contribution in [2.45, 2.75) is 43.7 Å². The summed E-state index contributed by atoms with van der Waals surface area (Å²) in [6.45, 7) is 0. The molecule has 16 heavy (non-hydrogen) atoms. The maximum Gasteiger partial charge on any atom is 0.209 e. The quantitative estimate of drug-likeness (QED) is 0.390. The summed E-state index contributed by atoms with van der Waals surface area (Å²) in [7, 11) is 1.87. The van der Waals surface area contributed by atoms with Crippen molar-refractivity contribution >= 4 is 23.4 Å². The molecule has 1 aromatic heterocycles. The second-order valence-electron chi connectivity index (χ2n) is 3.74. The summed E-state index contributed by atoms with van der Waals surface area (Å²) in [5.74, 6) is 1.90. The maximum absolute atomic E-state index is 5.61. The molecule has 0 aromatic carbocycles. The van der Waals surface area contributed by atoms with Crippen molar-refractivity contribution in [2.24, 2.45) is 7.05 Å². The first-order chi connectivity index (χ1) is 7.84. The van der Waals surface area contributed by atoms with Crippen LogP contribution in [0.3, 0.4) is 0 Å². The van der Waals surface area contributed by atoms with Crippen LogP contribution in [0.5, 0.6) is 0 Å². The minimum atomic E-state index is 0.801. The fourth-order valence-electron chi connectivity index (χ4n) is 1.41. The zero-order chi connectivity index (χ0) is 11.6. The van der Waals surface area contributed by atoms with Crippen LogP contribution in [-0.2, 0) is 7.05 Å². The van der Waals surface area contributed by atoms with E-state index in [0.29, 0.717) is 0 Å². The van der Waals surface area contributed by atoms with Crippen LogP contribution in [0, 0.1) is 0 Å². The van der Waals surface area contributed by atoms with Crippen LogP contribution in [0.25, 0.3) is 0 Å². The summed E-state index contributed by atoms with van der Waals surface area (Å²) in [4.78, 5) is 0. The number of halogens is 1. The lowest BCUT2D eigenvalue weighted by Gasteiger charge is -2.00.